The third kappa shape index (κ3) is 9.70. The number of aryl methyl sites for hydroxylation is 2. The Morgan fingerprint density at radius 3 is 1.25 bits per heavy atom. The molecular weight excluding hydrogens is 797 g/mol. The maximum Gasteiger partial charge on any atom is 0.267 e. The van der Waals surface area contributed by atoms with Gasteiger partial charge in [0.15, 0.2) is 6.10 Å². The number of aromatic nitrogens is 2. The molecule has 2 amide bonds. The van der Waals surface area contributed by atoms with E-state index < -0.39 is 44.1 Å². The van der Waals surface area contributed by atoms with Crippen molar-refractivity contribution in [3.05, 3.63) is 157 Å². The maximum atomic E-state index is 12.7. The number of nitrogens with zero attached hydrogens (tertiary/aromatic N) is 2. The van der Waals surface area contributed by atoms with Gasteiger partial charge in [-0.15, -0.1) is 0 Å². The van der Waals surface area contributed by atoms with Crippen molar-refractivity contribution in [1.29, 1.82) is 0 Å². The molecule has 2 atom stereocenters. The molecule has 0 bridgehead atoms. The summed E-state index contributed by atoms with van der Waals surface area (Å²) in [5.41, 5.74) is 6.33. The molecule has 302 valence electrons. The van der Waals surface area contributed by atoms with E-state index in [4.69, 9.17) is 9.05 Å². The number of hydrogen-bond acceptors (Lipinski definition) is 12. The maximum absolute atomic E-state index is 12.7. The van der Waals surface area contributed by atoms with Crippen molar-refractivity contribution in [2.45, 2.75) is 42.8 Å². The third-order valence-corrected chi connectivity index (χ3v) is 11.7. The lowest BCUT2D eigenvalue weighted by Gasteiger charge is -2.12. The number of nitrogens with one attached hydrogen (secondary N) is 2. The molecule has 0 saturated heterocycles. The van der Waals surface area contributed by atoms with Gasteiger partial charge in [0.25, 0.3) is 31.9 Å². The molecule has 5 aromatic carbocycles. The van der Waals surface area contributed by atoms with Gasteiger partial charge in [0.05, 0.1) is 20.9 Å². The molecule has 0 spiro atoms. The topological polar surface area (TPSA) is 219 Å². The molecule has 2 aromatic heterocycles. The van der Waals surface area contributed by atoms with Crippen LogP contribution in [0.25, 0.3) is 44.8 Å². The number of rotatable bonds is 11. The summed E-state index contributed by atoms with van der Waals surface area (Å²) in [6.45, 7) is 4.75. The van der Waals surface area contributed by atoms with Crippen LogP contribution in [0.4, 0.5) is 0 Å². The Kier molecular flexibility index (Phi) is 12.7. The van der Waals surface area contributed by atoms with Crippen LogP contribution in [0, 0.1) is 13.8 Å². The summed E-state index contributed by atoms with van der Waals surface area (Å²) >= 11 is 0. The summed E-state index contributed by atoms with van der Waals surface area (Å²) in [5.74, 6) is -0.813. The lowest BCUT2D eigenvalue weighted by Crippen LogP contribution is -2.37. The first-order valence-electron chi connectivity index (χ1n) is 17.9. The summed E-state index contributed by atoms with van der Waals surface area (Å²) in [6.07, 6.45) is -3.02. The van der Waals surface area contributed by atoms with Crippen LogP contribution in [-0.2, 0) is 29.6 Å². The zero-order valence-corrected chi connectivity index (χ0v) is 33.4. The second-order valence-electron chi connectivity index (χ2n) is 13.1. The fourth-order valence-electron chi connectivity index (χ4n) is 5.92. The summed E-state index contributed by atoms with van der Waals surface area (Å²) in [7, 11) is -8.23. The van der Waals surface area contributed by atoms with E-state index in [1.807, 2.05) is 70.1 Å². The highest BCUT2D eigenvalue weighted by Gasteiger charge is 2.25. The molecule has 2 heterocycles. The fraction of sp³-hybridized carbons (Fsp3) is 0.116. The summed E-state index contributed by atoms with van der Waals surface area (Å²) in [6, 6.07) is 39.1. The first-order valence-corrected chi connectivity index (χ1v) is 20.9. The number of aliphatic hydroxyl groups is 2. The van der Waals surface area contributed by atoms with Gasteiger partial charge in [-0.3, -0.25) is 9.59 Å². The molecule has 2 unspecified atom stereocenters. The van der Waals surface area contributed by atoms with E-state index in [1.54, 1.807) is 56.3 Å². The van der Waals surface area contributed by atoms with Gasteiger partial charge in [-0.1, -0.05) is 126 Å². The van der Waals surface area contributed by atoms with Gasteiger partial charge in [-0.25, -0.2) is 26.3 Å². The molecule has 59 heavy (non-hydrogen) atoms. The Hall–Kier alpha value is -6.72. The van der Waals surface area contributed by atoms with Crippen LogP contribution in [-0.4, -0.2) is 55.3 Å². The van der Waals surface area contributed by atoms with Crippen LogP contribution in [0.5, 0.6) is 0 Å². The van der Waals surface area contributed by atoms with E-state index in [2.05, 4.69) is 10.3 Å². The molecule has 0 fully saturated rings. The van der Waals surface area contributed by atoms with Gasteiger partial charge in [0.1, 0.15) is 29.0 Å². The van der Waals surface area contributed by atoms with Crippen molar-refractivity contribution < 1.29 is 45.7 Å². The van der Waals surface area contributed by atoms with Gasteiger partial charge in [0.2, 0.25) is 0 Å². The van der Waals surface area contributed by atoms with E-state index in [1.165, 1.54) is 43.3 Å². The quantitative estimate of drug-likeness (QED) is 0.112. The molecule has 7 rings (SSSR count). The number of carbonyl (C=O) groups is 2. The summed E-state index contributed by atoms with van der Waals surface area (Å²) < 4.78 is 64.2. The van der Waals surface area contributed by atoms with E-state index >= 15 is 0 Å². The van der Waals surface area contributed by atoms with Crippen molar-refractivity contribution in [3.8, 4) is 44.8 Å². The number of hydrogen-bond donors (Lipinski definition) is 4. The molecule has 4 N–H and O–H groups in total. The van der Waals surface area contributed by atoms with Gasteiger partial charge in [-0.05, 0) is 61.7 Å². The van der Waals surface area contributed by atoms with Gasteiger partial charge < -0.3 is 19.3 Å². The summed E-state index contributed by atoms with van der Waals surface area (Å²) in [5, 5.41) is 27.6. The molecule has 0 aliphatic carbocycles. The molecule has 0 saturated carbocycles. The minimum absolute atomic E-state index is 0.0874. The van der Waals surface area contributed by atoms with Gasteiger partial charge in [-0.2, -0.15) is 0 Å². The normalized spacial score (nSPS) is 12.4. The molecule has 0 aliphatic heterocycles. The minimum Gasteiger partial charge on any atom is -0.384 e. The van der Waals surface area contributed by atoms with Crippen LogP contribution in [0.2, 0.25) is 0 Å². The second-order valence-corrected chi connectivity index (χ2v) is 16.5. The average molecular weight is 835 g/mol. The first-order chi connectivity index (χ1) is 28.2. The van der Waals surface area contributed by atoms with Crippen molar-refractivity contribution in [3.63, 3.8) is 0 Å². The average Bonchev–Trinajstić information content (AvgIpc) is 3.83. The molecular formula is C43H38N4O10S2. The number of amides is 2. The van der Waals surface area contributed by atoms with Crippen LogP contribution >= 0.6 is 0 Å². The predicted octanol–water partition coefficient (Wildman–Crippen LogP) is 6.36. The lowest BCUT2D eigenvalue weighted by molar-refractivity contribution is -0.128. The number of carbonyl (C=O) groups excluding carboxylic acids is 2. The van der Waals surface area contributed by atoms with Crippen molar-refractivity contribution in [2.24, 2.45) is 0 Å². The van der Waals surface area contributed by atoms with Crippen molar-refractivity contribution in [2.75, 3.05) is 0 Å². The molecule has 0 aliphatic rings. The van der Waals surface area contributed by atoms with Crippen LogP contribution in [0.1, 0.15) is 30.1 Å². The zero-order chi connectivity index (χ0) is 42.3. The Morgan fingerprint density at radius 1 is 0.525 bits per heavy atom. The molecule has 7 aromatic rings. The highest BCUT2D eigenvalue weighted by atomic mass is 32.2. The molecule has 0 radical (unpaired) electrons. The SMILES string of the molecule is Cc1onc(-c2ccccc2)c1-c1ccc(S(=O)(=O)NC(=O)C(C)O)cc1.Cc1onc(-c2ccccc2)c1-c1ccc(S(=O)(=O)NC(=O)C(O)c2ccccc2)cc1. The van der Waals surface area contributed by atoms with Gasteiger partial charge in [0, 0.05) is 11.1 Å². The van der Waals surface area contributed by atoms with Gasteiger partial charge >= 0.3 is 0 Å². The highest BCUT2D eigenvalue weighted by molar-refractivity contribution is 7.90. The lowest BCUT2D eigenvalue weighted by atomic mass is 10.00. The molecule has 14 nitrogen and oxygen atoms in total. The smallest absolute Gasteiger partial charge is 0.267 e. The Bertz CT molecular complexity index is 2770. The van der Waals surface area contributed by atoms with Crippen molar-refractivity contribution >= 4 is 31.9 Å². The zero-order valence-electron chi connectivity index (χ0n) is 31.8. The Labute approximate surface area is 340 Å². The predicted molar refractivity (Wildman–Crippen MR) is 218 cm³/mol. The monoisotopic (exact) mass is 834 g/mol. The Morgan fingerprint density at radius 2 is 0.881 bits per heavy atom. The van der Waals surface area contributed by atoms with Crippen LogP contribution in [0.3, 0.4) is 0 Å². The number of sulfonamides is 2. The standard InChI is InChI=1S/C24H20N2O5S.C19H18N2O5S/c1-16-21(22(25-31-16)18-8-4-2-5-9-18)17-12-14-20(15-13-17)32(29,30)26-24(28)23(27)19-10-6-3-7-11-19;1-12(22)19(23)21-27(24,25)16-10-8-14(9-11-16)17-13(2)26-20-18(17)15-6-4-3-5-7-15/h2-15,23,27H,1H3,(H,26,28);3-12,22H,1-2H3,(H,21,23). The van der Waals surface area contributed by atoms with Crippen LogP contribution < -0.4 is 9.44 Å². The highest BCUT2D eigenvalue weighted by Crippen LogP contribution is 2.36. The van der Waals surface area contributed by atoms with Crippen molar-refractivity contribution in [1.82, 2.24) is 19.8 Å². The first kappa shape index (κ1) is 41.9. The third-order valence-electron chi connectivity index (χ3n) is 8.94. The van der Waals surface area contributed by atoms with E-state index in [-0.39, 0.29) is 9.79 Å². The largest absolute Gasteiger partial charge is 0.384 e. The van der Waals surface area contributed by atoms with E-state index in [9.17, 15) is 36.6 Å². The van der Waals surface area contributed by atoms with Crippen LogP contribution in [0.15, 0.2) is 158 Å². The fourth-order valence-corrected chi connectivity index (χ4v) is 7.96. The molecule has 16 heteroatoms. The van der Waals surface area contributed by atoms with E-state index in [0.29, 0.717) is 28.5 Å². The van der Waals surface area contributed by atoms with E-state index in [0.717, 1.165) is 33.4 Å². The minimum atomic E-state index is -4.17. The number of aliphatic hydroxyl groups excluding tert-OH is 2. The second kappa shape index (κ2) is 17.8. The Balaban J connectivity index is 0.000000201. The summed E-state index contributed by atoms with van der Waals surface area (Å²) in [4.78, 5) is 23.5. The number of benzene rings is 5.